The molecule has 0 spiro atoms. The van der Waals surface area contributed by atoms with Crippen LogP contribution in [0.2, 0.25) is 13.1 Å². The lowest BCUT2D eigenvalue weighted by Gasteiger charge is -2.51. The number of hydrogen-bond donors (Lipinski definition) is 0. The van der Waals surface area contributed by atoms with Crippen LogP contribution in [0.25, 0.3) is 0 Å². The third-order valence-electron chi connectivity index (χ3n) is 4.94. The highest BCUT2D eigenvalue weighted by atomic mass is 32.2. The second-order valence-corrected chi connectivity index (χ2v) is 14.3. The zero-order valence-electron chi connectivity index (χ0n) is 14.5. The lowest BCUT2D eigenvalue weighted by atomic mass is 9.81. The van der Waals surface area contributed by atoms with Crippen molar-refractivity contribution in [2.24, 2.45) is 5.41 Å². The third kappa shape index (κ3) is 2.89. The zero-order valence-corrected chi connectivity index (χ0v) is 16.3. The molecule has 2 aliphatic carbocycles. The zero-order chi connectivity index (χ0) is 15.7. The molecule has 116 valence electrons. The Balaban J connectivity index is 2.57. The van der Waals surface area contributed by atoms with Crippen molar-refractivity contribution in [1.82, 2.24) is 0 Å². The largest absolute Gasteiger partial charge is 0.154 e. The van der Waals surface area contributed by atoms with Crippen molar-refractivity contribution in [3.63, 3.8) is 0 Å². The van der Waals surface area contributed by atoms with Crippen LogP contribution in [-0.2, 0) is 0 Å². The smallest absolute Gasteiger partial charge is 0.103 e. The topological polar surface area (TPSA) is 0 Å². The van der Waals surface area contributed by atoms with Crippen molar-refractivity contribution in [1.29, 1.82) is 0 Å². The molecule has 0 heterocycles. The van der Waals surface area contributed by atoms with Gasteiger partial charge < -0.3 is 0 Å². The molecule has 2 rings (SSSR count). The summed E-state index contributed by atoms with van der Waals surface area (Å²) in [6, 6.07) is 0. The van der Waals surface area contributed by atoms with Gasteiger partial charge in [0.25, 0.3) is 0 Å². The van der Waals surface area contributed by atoms with Gasteiger partial charge in [0.15, 0.2) is 0 Å². The summed E-state index contributed by atoms with van der Waals surface area (Å²) in [5, 5.41) is 1.65. The van der Waals surface area contributed by atoms with Gasteiger partial charge in [0.05, 0.1) is 0 Å². The van der Waals surface area contributed by atoms with E-state index in [9.17, 15) is 0 Å². The fourth-order valence-corrected chi connectivity index (χ4v) is 10.7. The number of thioether (sulfide) groups is 1. The van der Waals surface area contributed by atoms with E-state index in [2.05, 4.69) is 89.0 Å². The molecule has 2 heteroatoms. The molecule has 0 aromatic heterocycles. The molecule has 0 saturated heterocycles. The van der Waals surface area contributed by atoms with Gasteiger partial charge in [-0.25, -0.2) is 0 Å². The molecule has 0 saturated carbocycles. The maximum absolute atomic E-state index is 2.58. The predicted octanol–water partition coefficient (Wildman–Crippen LogP) is 6.08. The summed E-state index contributed by atoms with van der Waals surface area (Å²) in [6.45, 7) is 14.6. The summed E-state index contributed by atoms with van der Waals surface area (Å²) in [6.07, 6.45) is 16.6. The van der Waals surface area contributed by atoms with Gasteiger partial charge in [0.2, 0.25) is 0 Å². The molecule has 1 unspecified atom stereocenters. The second-order valence-electron chi connectivity index (χ2n) is 7.65. The molecule has 1 atom stereocenters. The first-order valence-corrected chi connectivity index (χ1v) is 12.1. The molecule has 0 N–H and O–H groups in total. The average Bonchev–Trinajstić information content (AvgIpc) is 2.92. The molecule has 2 aliphatic rings. The molecule has 0 nitrogen and oxygen atoms in total. The molecular formula is C19H30SSi. The van der Waals surface area contributed by atoms with Crippen LogP contribution >= 0.6 is 11.8 Å². The van der Waals surface area contributed by atoms with Gasteiger partial charge in [-0.2, -0.15) is 11.8 Å². The van der Waals surface area contributed by atoms with Crippen LogP contribution in [0, 0.1) is 5.41 Å². The van der Waals surface area contributed by atoms with E-state index in [1.165, 1.54) is 12.2 Å². The standard InChI is InChI=1S/C19H30SSi/c1-7-20-19(21(5,6)16-12-8-9-13-16)15-11-10-14-17(19)18(2,3)4/h8,10-14H,7,9,15H2,1-6H3. The molecule has 0 bridgehead atoms. The van der Waals surface area contributed by atoms with Crippen molar-refractivity contribution in [3.8, 4) is 0 Å². The molecule has 0 amide bonds. The van der Waals surface area contributed by atoms with Crippen LogP contribution < -0.4 is 0 Å². The maximum atomic E-state index is 2.58. The Morgan fingerprint density at radius 2 is 1.95 bits per heavy atom. The molecular weight excluding hydrogens is 288 g/mol. The van der Waals surface area contributed by atoms with E-state index < -0.39 is 8.07 Å². The Labute approximate surface area is 136 Å². The summed E-state index contributed by atoms with van der Waals surface area (Å²) >= 11 is 2.20. The Kier molecular flexibility index (Phi) is 4.80. The average molecular weight is 319 g/mol. The summed E-state index contributed by atoms with van der Waals surface area (Å²) in [4.78, 5) is 0. The maximum Gasteiger partial charge on any atom is 0.103 e. The van der Waals surface area contributed by atoms with Crippen molar-refractivity contribution in [3.05, 3.63) is 47.2 Å². The third-order valence-corrected chi connectivity index (χ3v) is 12.4. The molecule has 0 aliphatic heterocycles. The first kappa shape index (κ1) is 16.9. The van der Waals surface area contributed by atoms with Crippen molar-refractivity contribution >= 4 is 19.8 Å². The molecule has 0 fully saturated rings. The molecule has 0 radical (unpaired) electrons. The van der Waals surface area contributed by atoms with Crippen molar-refractivity contribution in [2.75, 3.05) is 5.75 Å². The summed E-state index contributed by atoms with van der Waals surface area (Å²) in [5.41, 5.74) is 1.89. The summed E-state index contributed by atoms with van der Waals surface area (Å²) in [5.74, 6) is 1.19. The number of rotatable bonds is 4. The van der Waals surface area contributed by atoms with Crippen LogP contribution in [0.5, 0.6) is 0 Å². The highest BCUT2D eigenvalue weighted by molar-refractivity contribution is 8.02. The van der Waals surface area contributed by atoms with Crippen LogP contribution in [0.1, 0.15) is 40.5 Å². The van der Waals surface area contributed by atoms with E-state index in [4.69, 9.17) is 0 Å². The Hall–Kier alpha value is -0.473. The molecule has 0 aromatic rings. The van der Waals surface area contributed by atoms with Crippen LogP contribution in [0.3, 0.4) is 0 Å². The lowest BCUT2D eigenvalue weighted by Crippen LogP contribution is -2.57. The van der Waals surface area contributed by atoms with Gasteiger partial charge in [0.1, 0.15) is 8.07 Å². The minimum atomic E-state index is -1.60. The van der Waals surface area contributed by atoms with Crippen molar-refractivity contribution in [2.45, 2.75) is 58.0 Å². The van der Waals surface area contributed by atoms with Crippen LogP contribution in [0.15, 0.2) is 47.2 Å². The van der Waals surface area contributed by atoms with Gasteiger partial charge in [-0.15, -0.1) is 0 Å². The Bertz CT molecular complexity index is 514. The van der Waals surface area contributed by atoms with Gasteiger partial charge >= 0.3 is 0 Å². The Morgan fingerprint density at radius 3 is 2.48 bits per heavy atom. The fourth-order valence-electron chi connectivity index (χ4n) is 3.81. The van der Waals surface area contributed by atoms with Crippen LogP contribution in [-0.4, -0.2) is 18.2 Å². The molecule has 0 aromatic carbocycles. The monoisotopic (exact) mass is 318 g/mol. The lowest BCUT2D eigenvalue weighted by molar-refractivity contribution is 0.471. The number of allylic oxidation sites excluding steroid dienone is 7. The number of hydrogen-bond acceptors (Lipinski definition) is 1. The SMILES string of the molecule is CCSC1([Si](C)(C)C2=CCC=C2)CC=CC=C1C(C)(C)C. The van der Waals surface area contributed by atoms with Gasteiger partial charge in [-0.05, 0) is 24.0 Å². The van der Waals surface area contributed by atoms with E-state index in [1.54, 1.807) is 10.8 Å². The van der Waals surface area contributed by atoms with Gasteiger partial charge in [-0.1, -0.05) is 88.0 Å². The second kappa shape index (κ2) is 5.96. The quantitative estimate of drug-likeness (QED) is 0.566. The first-order chi connectivity index (χ1) is 9.75. The normalized spacial score (nSPS) is 26.0. The van der Waals surface area contributed by atoms with Crippen LogP contribution in [0.4, 0.5) is 0 Å². The van der Waals surface area contributed by atoms with Gasteiger partial charge in [0, 0.05) is 4.37 Å². The predicted molar refractivity (Wildman–Crippen MR) is 101 cm³/mol. The first-order valence-electron chi connectivity index (χ1n) is 8.14. The highest BCUT2D eigenvalue weighted by Gasteiger charge is 2.53. The molecule has 21 heavy (non-hydrogen) atoms. The van der Waals surface area contributed by atoms with Crippen molar-refractivity contribution < 1.29 is 0 Å². The van der Waals surface area contributed by atoms with E-state index in [0.29, 0.717) is 4.37 Å². The van der Waals surface area contributed by atoms with E-state index >= 15 is 0 Å². The van der Waals surface area contributed by atoms with E-state index in [1.807, 2.05) is 0 Å². The van der Waals surface area contributed by atoms with E-state index in [0.717, 1.165) is 6.42 Å². The minimum Gasteiger partial charge on any atom is -0.154 e. The minimum absolute atomic E-state index is 0.236. The summed E-state index contributed by atoms with van der Waals surface area (Å²) in [7, 11) is -1.60. The van der Waals surface area contributed by atoms with Gasteiger partial charge in [-0.3, -0.25) is 0 Å². The Morgan fingerprint density at radius 1 is 1.24 bits per heavy atom. The summed E-state index contributed by atoms with van der Waals surface area (Å²) < 4.78 is 0.301. The fraction of sp³-hybridized carbons (Fsp3) is 0.579. The van der Waals surface area contributed by atoms with E-state index in [-0.39, 0.29) is 5.41 Å². The highest BCUT2D eigenvalue weighted by Crippen LogP contribution is 2.54.